The molecule has 128 valence electrons. The molecule has 1 aliphatic heterocycles. The van der Waals surface area contributed by atoms with Gasteiger partial charge >= 0.3 is 0 Å². The number of pyridine rings is 1. The van der Waals surface area contributed by atoms with Gasteiger partial charge in [0.25, 0.3) is 0 Å². The van der Waals surface area contributed by atoms with Crippen molar-refractivity contribution >= 4 is 11.7 Å². The molecular weight excluding hydrogens is 290 g/mol. The number of carbonyl (C=O) groups excluding carboxylic acids is 1. The lowest BCUT2D eigenvalue weighted by atomic mass is 9.96. The van der Waals surface area contributed by atoms with E-state index in [1.54, 1.807) is 6.20 Å². The smallest absolute Gasteiger partial charge is 0.228 e. The molecule has 0 aromatic carbocycles. The number of nitrogens with one attached hydrogen (secondary N) is 1. The minimum Gasteiger partial charge on any atom is -0.380 e. The van der Waals surface area contributed by atoms with Crippen molar-refractivity contribution in [1.29, 1.82) is 0 Å². The number of anilines is 1. The molecule has 2 rings (SSSR count). The van der Waals surface area contributed by atoms with Gasteiger partial charge in [0.1, 0.15) is 5.82 Å². The van der Waals surface area contributed by atoms with Crippen LogP contribution < -0.4 is 5.32 Å². The lowest BCUT2D eigenvalue weighted by molar-refractivity contribution is -0.121. The van der Waals surface area contributed by atoms with Crippen LogP contribution in [0.1, 0.15) is 32.3 Å². The molecule has 1 N–H and O–H groups in total. The first kappa shape index (κ1) is 17.9. The Labute approximate surface area is 139 Å². The third-order valence-corrected chi connectivity index (χ3v) is 4.12. The number of rotatable bonds is 7. The fraction of sp³-hybridized carbons (Fsp3) is 0.667. The summed E-state index contributed by atoms with van der Waals surface area (Å²) in [6.45, 7) is 10.8. The van der Waals surface area contributed by atoms with Crippen LogP contribution in [0, 0.1) is 18.8 Å². The summed E-state index contributed by atoms with van der Waals surface area (Å²) in [6, 6.07) is 3.82. The number of hydrogen-bond donors (Lipinski definition) is 1. The van der Waals surface area contributed by atoms with Crippen LogP contribution >= 0.6 is 0 Å². The van der Waals surface area contributed by atoms with Crippen molar-refractivity contribution in [3.8, 4) is 0 Å². The summed E-state index contributed by atoms with van der Waals surface area (Å²) >= 11 is 0. The van der Waals surface area contributed by atoms with E-state index in [4.69, 9.17) is 4.74 Å². The van der Waals surface area contributed by atoms with E-state index in [0.717, 1.165) is 51.3 Å². The van der Waals surface area contributed by atoms with Crippen molar-refractivity contribution in [1.82, 2.24) is 9.88 Å². The Morgan fingerprint density at radius 3 is 2.74 bits per heavy atom. The van der Waals surface area contributed by atoms with Gasteiger partial charge in [-0.05, 0) is 50.4 Å². The number of likely N-dealkylation sites (tertiary alicyclic amines) is 1. The van der Waals surface area contributed by atoms with Gasteiger partial charge in [-0.3, -0.25) is 4.79 Å². The van der Waals surface area contributed by atoms with Gasteiger partial charge in [-0.1, -0.05) is 19.9 Å². The second kappa shape index (κ2) is 8.99. The van der Waals surface area contributed by atoms with Gasteiger partial charge in [0.05, 0.1) is 6.61 Å². The monoisotopic (exact) mass is 319 g/mol. The van der Waals surface area contributed by atoms with Gasteiger partial charge in [-0.15, -0.1) is 0 Å². The third kappa shape index (κ3) is 6.28. The van der Waals surface area contributed by atoms with Crippen LogP contribution in [0.2, 0.25) is 0 Å². The van der Waals surface area contributed by atoms with Crippen molar-refractivity contribution in [2.24, 2.45) is 11.8 Å². The van der Waals surface area contributed by atoms with Crippen LogP contribution in [0.25, 0.3) is 0 Å². The van der Waals surface area contributed by atoms with Gasteiger partial charge < -0.3 is 15.0 Å². The number of aryl methyl sites for hydroxylation is 1. The van der Waals surface area contributed by atoms with Crippen LogP contribution in [0.15, 0.2) is 18.3 Å². The molecule has 0 unspecified atom stereocenters. The molecule has 1 saturated heterocycles. The molecule has 0 atom stereocenters. The Kier molecular flexibility index (Phi) is 6.99. The fourth-order valence-electron chi connectivity index (χ4n) is 2.70. The highest BCUT2D eigenvalue weighted by Gasteiger charge is 2.25. The van der Waals surface area contributed by atoms with Crippen molar-refractivity contribution in [2.45, 2.75) is 33.6 Å². The van der Waals surface area contributed by atoms with E-state index in [0.29, 0.717) is 11.7 Å². The van der Waals surface area contributed by atoms with Crippen molar-refractivity contribution in [2.75, 3.05) is 38.2 Å². The topological polar surface area (TPSA) is 54.5 Å². The van der Waals surface area contributed by atoms with Gasteiger partial charge in [0, 0.05) is 25.3 Å². The van der Waals surface area contributed by atoms with E-state index in [2.05, 4.69) is 29.0 Å². The molecule has 2 heterocycles. The summed E-state index contributed by atoms with van der Waals surface area (Å²) in [4.78, 5) is 18.9. The Balaban J connectivity index is 1.67. The molecule has 0 radical (unpaired) electrons. The van der Waals surface area contributed by atoms with E-state index in [-0.39, 0.29) is 11.8 Å². The van der Waals surface area contributed by atoms with Crippen molar-refractivity contribution in [3.05, 3.63) is 23.9 Å². The lowest BCUT2D eigenvalue weighted by Crippen LogP contribution is -2.39. The predicted octanol–water partition coefficient (Wildman–Crippen LogP) is 2.71. The van der Waals surface area contributed by atoms with E-state index < -0.39 is 0 Å². The largest absolute Gasteiger partial charge is 0.380 e. The molecule has 0 saturated carbocycles. The molecule has 0 aliphatic carbocycles. The van der Waals surface area contributed by atoms with Crippen LogP contribution in [0.5, 0.6) is 0 Å². The molecule has 23 heavy (non-hydrogen) atoms. The summed E-state index contributed by atoms with van der Waals surface area (Å²) in [6.07, 6.45) is 3.58. The lowest BCUT2D eigenvalue weighted by Gasteiger charge is -2.31. The maximum absolute atomic E-state index is 12.3. The predicted molar refractivity (Wildman–Crippen MR) is 92.4 cm³/mol. The molecular formula is C18H29N3O2. The maximum atomic E-state index is 12.3. The van der Waals surface area contributed by atoms with Gasteiger partial charge in [0.2, 0.25) is 5.91 Å². The number of carbonyl (C=O) groups is 1. The second-order valence-corrected chi connectivity index (χ2v) is 6.79. The zero-order valence-electron chi connectivity index (χ0n) is 14.5. The molecule has 1 aromatic rings. The first-order valence-corrected chi connectivity index (χ1v) is 8.58. The zero-order valence-corrected chi connectivity index (χ0v) is 14.5. The summed E-state index contributed by atoms with van der Waals surface area (Å²) in [5.41, 5.74) is 1.09. The Morgan fingerprint density at radius 2 is 2.13 bits per heavy atom. The van der Waals surface area contributed by atoms with Crippen LogP contribution in [-0.2, 0) is 9.53 Å². The second-order valence-electron chi connectivity index (χ2n) is 6.79. The number of piperidine rings is 1. The average molecular weight is 319 g/mol. The first-order valence-electron chi connectivity index (χ1n) is 8.58. The van der Waals surface area contributed by atoms with Gasteiger partial charge in [-0.25, -0.2) is 4.98 Å². The molecule has 5 nitrogen and oxygen atoms in total. The minimum absolute atomic E-state index is 0.0888. The Morgan fingerprint density at radius 1 is 1.39 bits per heavy atom. The molecule has 0 spiro atoms. The summed E-state index contributed by atoms with van der Waals surface area (Å²) < 4.78 is 5.63. The fourth-order valence-corrected chi connectivity index (χ4v) is 2.70. The van der Waals surface area contributed by atoms with Crippen LogP contribution in [-0.4, -0.2) is 48.6 Å². The number of nitrogens with zero attached hydrogens (tertiary/aromatic N) is 2. The Bertz CT molecular complexity index is 480. The van der Waals surface area contributed by atoms with E-state index in [9.17, 15) is 4.79 Å². The normalized spacial score (nSPS) is 16.7. The molecule has 5 heteroatoms. The molecule has 1 aromatic heterocycles. The number of hydrogen-bond acceptors (Lipinski definition) is 4. The Hall–Kier alpha value is -1.46. The molecule has 1 fully saturated rings. The zero-order chi connectivity index (χ0) is 16.7. The standard InChI is InChI=1S/C18H29N3O2/c1-14(2)13-23-11-10-21-8-6-16(7-9-21)18(22)20-17-5-4-15(3)12-19-17/h4-5,12,14,16H,6-11,13H2,1-3H3,(H,19,20,22). The number of aromatic nitrogens is 1. The van der Waals surface area contributed by atoms with Crippen LogP contribution in [0.4, 0.5) is 5.82 Å². The van der Waals surface area contributed by atoms with Crippen LogP contribution in [0.3, 0.4) is 0 Å². The molecule has 1 amide bonds. The average Bonchev–Trinajstić information content (AvgIpc) is 2.54. The van der Waals surface area contributed by atoms with E-state index >= 15 is 0 Å². The summed E-state index contributed by atoms with van der Waals surface area (Å²) in [7, 11) is 0. The number of amides is 1. The summed E-state index contributed by atoms with van der Waals surface area (Å²) in [5.74, 6) is 1.41. The molecule has 0 bridgehead atoms. The quantitative estimate of drug-likeness (QED) is 0.785. The summed E-state index contributed by atoms with van der Waals surface area (Å²) in [5, 5.41) is 2.93. The van der Waals surface area contributed by atoms with Gasteiger partial charge in [0.15, 0.2) is 0 Å². The highest BCUT2D eigenvalue weighted by Crippen LogP contribution is 2.19. The number of ether oxygens (including phenoxy) is 1. The van der Waals surface area contributed by atoms with E-state index in [1.165, 1.54) is 0 Å². The van der Waals surface area contributed by atoms with Gasteiger partial charge in [-0.2, -0.15) is 0 Å². The SMILES string of the molecule is Cc1ccc(NC(=O)C2CCN(CCOCC(C)C)CC2)nc1. The minimum atomic E-state index is 0.0888. The highest BCUT2D eigenvalue weighted by atomic mass is 16.5. The molecule has 1 aliphatic rings. The highest BCUT2D eigenvalue weighted by molar-refractivity contribution is 5.91. The van der Waals surface area contributed by atoms with Crippen molar-refractivity contribution in [3.63, 3.8) is 0 Å². The first-order chi connectivity index (χ1) is 11.0. The maximum Gasteiger partial charge on any atom is 0.228 e. The third-order valence-electron chi connectivity index (χ3n) is 4.12. The van der Waals surface area contributed by atoms with Crippen molar-refractivity contribution < 1.29 is 9.53 Å². The van der Waals surface area contributed by atoms with E-state index in [1.807, 2.05) is 19.1 Å².